The molecule has 0 saturated carbocycles. The Morgan fingerprint density at radius 3 is 2.94 bits per heavy atom. The molecule has 0 fully saturated rings. The summed E-state index contributed by atoms with van der Waals surface area (Å²) >= 11 is 5.90. The van der Waals surface area contributed by atoms with Crippen LogP contribution in [0.3, 0.4) is 0 Å². The van der Waals surface area contributed by atoms with Crippen molar-refractivity contribution in [2.24, 2.45) is 0 Å². The Hall–Kier alpha value is -3.58. The maximum Gasteiger partial charge on any atom is 0.323 e. The summed E-state index contributed by atoms with van der Waals surface area (Å²) in [6.45, 7) is 1.58. The highest BCUT2D eigenvalue weighted by Crippen LogP contribution is 2.35. The number of halogens is 2. The Balaban J connectivity index is 1.35. The molecule has 2 aromatic carbocycles. The van der Waals surface area contributed by atoms with Gasteiger partial charge in [0, 0.05) is 52.8 Å². The van der Waals surface area contributed by atoms with Crippen molar-refractivity contribution < 1.29 is 9.18 Å². The van der Waals surface area contributed by atoms with Crippen molar-refractivity contribution in [3.05, 3.63) is 82.9 Å². The van der Waals surface area contributed by atoms with Gasteiger partial charge in [0.2, 0.25) is 0 Å². The summed E-state index contributed by atoms with van der Waals surface area (Å²) in [5.74, 6) is -0.544. The number of hydrogen-bond donors (Lipinski definition) is 3. The van der Waals surface area contributed by atoms with E-state index in [0.717, 1.165) is 41.8 Å². The fourth-order valence-corrected chi connectivity index (χ4v) is 4.19. The first-order chi connectivity index (χ1) is 15.1. The van der Waals surface area contributed by atoms with Crippen LogP contribution in [0.5, 0.6) is 0 Å². The van der Waals surface area contributed by atoms with Gasteiger partial charge in [-0.2, -0.15) is 0 Å². The molecule has 8 heteroatoms. The number of urea groups is 1. The monoisotopic (exact) mass is 435 g/mol. The SMILES string of the molecule is O=C(Nc1cc(Cl)ccc1F)Nc1cccc2c1CCN2Cc1ccnc2[nH]ccc12. The van der Waals surface area contributed by atoms with E-state index >= 15 is 0 Å². The number of amides is 2. The molecule has 2 amide bonds. The Bertz CT molecular complexity index is 1290. The summed E-state index contributed by atoms with van der Waals surface area (Å²) in [7, 11) is 0. The maximum atomic E-state index is 13.9. The van der Waals surface area contributed by atoms with Crippen LogP contribution >= 0.6 is 11.6 Å². The smallest absolute Gasteiger partial charge is 0.323 e. The first-order valence-corrected chi connectivity index (χ1v) is 10.3. The van der Waals surface area contributed by atoms with Crippen molar-refractivity contribution in [1.29, 1.82) is 0 Å². The number of pyridine rings is 1. The number of benzene rings is 2. The minimum Gasteiger partial charge on any atom is -0.367 e. The van der Waals surface area contributed by atoms with Crippen LogP contribution in [0.4, 0.5) is 26.2 Å². The van der Waals surface area contributed by atoms with E-state index in [2.05, 4.69) is 31.6 Å². The summed E-state index contributed by atoms with van der Waals surface area (Å²) in [5.41, 5.74) is 4.94. The third-order valence-electron chi connectivity index (χ3n) is 5.46. The van der Waals surface area contributed by atoms with E-state index in [-0.39, 0.29) is 5.69 Å². The molecule has 0 spiro atoms. The van der Waals surface area contributed by atoms with E-state index < -0.39 is 11.8 Å². The Kier molecular flexibility index (Phi) is 4.95. The number of hydrogen-bond acceptors (Lipinski definition) is 3. The second-order valence-corrected chi connectivity index (χ2v) is 7.82. The normalized spacial score (nSPS) is 12.8. The van der Waals surface area contributed by atoms with Gasteiger partial charge >= 0.3 is 6.03 Å². The summed E-state index contributed by atoms with van der Waals surface area (Å²) in [5, 5.41) is 6.82. The lowest BCUT2D eigenvalue weighted by Crippen LogP contribution is -2.21. The molecule has 0 atom stereocenters. The van der Waals surface area contributed by atoms with Gasteiger partial charge in [0.25, 0.3) is 0 Å². The van der Waals surface area contributed by atoms with Crippen LogP contribution in [0.1, 0.15) is 11.1 Å². The molecule has 4 aromatic rings. The highest BCUT2D eigenvalue weighted by atomic mass is 35.5. The van der Waals surface area contributed by atoms with Gasteiger partial charge in [-0.05, 0) is 54.4 Å². The number of H-pyrrole nitrogens is 1. The standard InChI is InChI=1S/C23H19ClFN5O/c24-15-4-5-18(25)20(12-15)29-23(31)28-19-2-1-3-21-17(19)8-11-30(21)13-14-6-9-26-22-16(14)7-10-27-22/h1-7,9-10,12H,8,11,13H2,(H,26,27)(H2,28,29,31). The molecule has 3 N–H and O–H groups in total. The van der Waals surface area contributed by atoms with E-state index in [4.69, 9.17) is 11.6 Å². The third-order valence-corrected chi connectivity index (χ3v) is 5.70. The fourth-order valence-electron chi connectivity index (χ4n) is 4.01. The second kappa shape index (κ2) is 7.92. The number of carbonyl (C=O) groups excluding carboxylic acids is 1. The largest absolute Gasteiger partial charge is 0.367 e. The van der Waals surface area contributed by atoms with Crippen LogP contribution in [0.2, 0.25) is 5.02 Å². The predicted molar refractivity (Wildman–Crippen MR) is 121 cm³/mol. The molecular weight excluding hydrogens is 417 g/mol. The second-order valence-electron chi connectivity index (χ2n) is 7.39. The van der Waals surface area contributed by atoms with E-state index in [0.29, 0.717) is 10.7 Å². The zero-order valence-corrected chi connectivity index (χ0v) is 17.2. The van der Waals surface area contributed by atoms with E-state index in [1.807, 2.05) is 36.7 Å². The lowest BCUT2D eigenvalue weighted by molar-refractivity contribution is 0.262. The third kappa shape index (κ3) is 3.80. The molecular formula is C23H19ClFN5O. The molecule has 0 saturated heterocycles. The minimum absolute atomic E-state index is 0.0346. The van der Waals surface area contributed by atoms with Gasteiger partial charge in [-0.15, -0.1) is 0 Å². The van der Waals surface area contributed by atoms with Crippen LogP contribution in [-0.2, 0) is 13.0 Å². The maximum absolute atomic E-state index is 13.9. The number of aromatic nitrogens is 2. The molecule has 3 heterocycles. The van der Waals surface area contributed by atoms with Crippen LogP contribution in [0, 0.1) is 5.82 Å². The van der Waals surface area contributed by atoms with Crippen LogP contribution in [-0.4, -0.2) is 22.5 Å². The summed E-state index contributed by atoms with van der Waals surface area (Å²) in [6, 6.07) is 13.4. The van der Waals surface area contributed by atoms with Gasteiger partial charge in [0.15, 0.2) is 0 Å². The number of anilines is 3. The van der Waals surface area contributed by atoms with Gasteiger partial charge in [-0.3, -0.25) is 0 Å². The fraction of sp³-hybridized carbons (Fsp3) is 0.130. The van der Waals surface area contributed by atoms with Crippen LogP contribution in [0.15, 0.2) is 60.9 Å². The summed E-state index contributed by atoms with van der Waals surface area (Å²) in [6.07, 6.45) is 4.50. The van der Waals surface area contributed by atoms with Gasteiger partial charge < -0.3 is 20.5 Å². The van der Waals surface area contributed by atoms with Crippen LogP contribution in [0.25, 0.3) is 11.0 Å². The number of carbonyl (C=O) groups is 1. The van der Waals surface area contributed by atoms with Crippen LogP contribution < -0.4 is 15.5 Å². The van der Waals surface area contributed by atoms with Crippen molar-refractivity contribution in [2.45, 2.75) is 13.0 Å². The van der Waals surface area contributed by atoms with Crippen molar-refractivity contribution >= 4 is 45.7 Å². The summed E-state index contributed by atoms with van der Waals surface area (Å²) < 4.78 is 13.9. The first kappa shape index (κ1) is 19.4. The molecule has 2 aromatic heterocycles. The number of nitrogens with one attached hydrogen (secondary N) is 3. The Morgan fingerprint density at radius 1 is 1.16 bits per heavy atom. The molecule has 0 bridgehead atoms. The van der Waals surface area contributed by atoms with E-state index in [1.54, 1.807) is 0 Å². The summed E-state index contributed by atoms with van der Waals surface area (Å²) in [4.78, 5) is 22.3. The molecule has 156 valence electrons. The number of rotatable bonds is 4. The minimum atomic E-state index is -0.544. The quantitative estimate of drug-likeness (QED) is 0.393. The molecule has 1 aliphatic heterocycles. The average Bonchev–Trinajstić information content (AvgIpc) is 3.39. The van der Waals surface area contributed by atoms with Crippen molar-refractivity contribution in [3.63, 3.8) is 0 Å². The van der Waals surface area contributed by atoms with Gasteiger partial charge in [0.05, 0.1) is 5.69 Å². The topological polar surface area (TPSA) is 73.1 Å². The molecule has 0 radical (unpaired) electrons. The predicted octanol–water partition coefficient (Wildman–Crippen LogP) is 5.56. The molecule has 0 unspecified atom stereocenters. The van der Waals surface area contributed by atoms with E-state index in [1.165, 1.54) is 23.8 Å². The number of aromatic amines is 1. The Labute approximate surface area is 183 Å². The number of fused-ring (bicyclic) bond motifs is 2. The lowest BCUT2D eigenvalue weighted by Gasteiger charge is -2.20. The Morgan fingerprint density at radius 2 is 2.03 bits per heavy atom. The lowest BCUT2D eigenvalue weighted by atomic mass is 10.1. The molecule has 0 aliphatic carbocycles. The number of nitrogens with zero attached hydrogens (tertiary/aromatic N) is 2. The molecule has 5 rings (SSSR count). The van der Waals surface area contributed by atoms with Gasteiger partial charge in [-0.25, -0.2) is 14.2 Å². The van der Waals surface area contributed by atoms with Crippen molar-refractivity contribution in [1.82, 2.24) is 9.97 Å². The van der Waals surface area contributed by atoms with Gasteiger partial charge in [0.1, 0.15) is 11.5 Å². The zero-order valence-electron chi connectivity index (χ0n) is 16.5. The van der Waals surface area contributed by atoms with Crippen molar-refractivity contribution in [3.8, 4) is 0 Å². The van der Waals surface area contributed by atoms with Gasteiger partial charge in [-0.1, -0.05) is 17.7 Å². The van der Waals surface area contributed by atoms with Crippen molar-refractivity contribution in [2.75, 3.05) is 22.1 Å². The first-order valence-electron chi connectivity index (χ1n) is 9.89. The molecule has 1 aliphatic rings. The molecule has 31 heavy (non-hydrogen) atoms. The average molecular weight is 436 g/mol. The highest BCUT2D eigenvalue weighted by molar-refractivity contribution is 6.30. The zero-order chi connectivity index (χ0) is 21.4. The highest BCUT2D eigenvalue weighted by Gasteiger charge is 2.23. The van der Waals surface area contributed by atoms with E-state index in [9.17, 15) is 9.18 Å². The molecule has 6 nitrogen and oxygen atoms in total.